The molecule has 0 spiro atoms. The first kappa shape index (κ1) is 18.4. The van der Waals surface area contributed by atoms with Crippen molar-refractivity contribution in [1.82, 2.24) is 4.90 Å². The molecule has 2 bridgehead atoms. The van der Waals surface area contributed by atoms with Gasteiger partial charge in [-0.2, -0.15) is 0 Å². The number of nitrogens with zero attached hydrogens (tertiary/aromatic N) is 1. The number of nitrogens with one attached hydrogen (secondary N) is 1. The number of benzene rings is 1. The first-order chi connectivity index (χ1) is 13.3. The molecule has 0 aromatic heterocycles. The molecule has 0 radical (unpaired) electrons. The fourth-order valence-corrected chi connectivity index (χ4v) is 4.68. The molecule has 1 aromatic carbocycles. The van der Waals surface area contributed by atoms with E-state index in [4.69, 9.17) is 4.74 Å². The van der Waals surface area contributed by atoms with Crippen molar-refractivity contribution in [3.05, 3.63) is 41.5 Å². The maximum Gasteiger partial charge on any atom is 0.326 e. The van der Waals surface area contributed by atoms with Crippen LogP contribution in [0, 0.1) is 37.5 Å². The lowest BCUT2D eigenvalue weighted by Gasteiger charge is -2.16. The van der Waals surface area contributed by atoms with E-state index in [0.717, 1.165) is 22.4 Å². The van der Waals surface area contributed by atoms with Crippen molar-refractivity contribution in [3.8, 4) is 0 Å². The highest BCUT2D eigenvalue weighted by atomic mass is 16.5. The molecule has 7 nitrogen and oxygen atoms in total. The number of carbonyl (C=O) groups is 4. The van der Waals surface area contributed by atoms with E-state index in [1.807, 2.05) is 44.2 Å². The Morgan fingerprint density at radius 1 is 1.04 bits per heavy atom. The number of imide groups is 1. The third-order valence-electron chi connectivity index (χ3n) is 5.72. The molecule has 4 atom stereocenters. The van der Waals surface area contributed by atoms with Crippen LogP contribution in [0.5, 0.6) is 0 Å². The minimum Gasteiger partial charge on any atom is -0.454 e. The first-order valence-corrected chi connectivity index (χ1v) is 9.41. The molecule has 1 aromatic rings. The smallest absolute Gasteiger partial charge is 0.326 e. The number of rotatable bonds is 5. The molecule has 1 N–H and O–H groups in total. The highest BCUT2D eigenvalue weighted by molar-refractivity contribution is 6.08. The third-order valence-corrected chi connectivity index (χ3v) is 5.72. The van der Waals surface area contributed by atoms with Gasteiger partial charge in [-0.1, -0.05) is 18.2 Å². The highest BCUT2D eigenvalue weighted by Crippen LogP contribution is 2.52. The summed E-state index contributed by atoms with van der Waals surface area (Å²) in [6.45, 7) is 2.93. The largest absolute Gasteiger partial charge is 0.454 e. The molecule has 4 rings (SSSR count). The van der Waals surface area contributed by atoms with Gasteiger partial charge in [0.15, 0.2) is 6.61 Å². The molecule has 3 amide bonds. The van der Waals surface area contributed by atoms with Gasteiger partial charge >= 0.3 is 5.97 Å². The molecule has 0 unspecified atom stereocenters. The Morgan fingerprint density at radius 3 is 2.18 bits per heavy atom. The van der Waals surface area contributed by atoms with Crippen LogP contribution in [0.1, 0.15) is 17.5 Å². The summed E-state index contributed by atoms with van der Waals surface area (Å²) < 4.78 is 4.97. The molecule has 28 heavy (non-hydrogen) atoms. The number of hydrogen-bond donors (Lipinski definition) is 1. The zero-order chi connectivity index (χ0) is 20.0. The predicted molar refractivity (Wildman–Crippen MR) is 99.9 cm³/mol. The van der Waals surface area contributed by atoms with E-state index in [0.29, 0.717) is 5.69 Å². The maximum absolute atomic E-state index is 12.5. The molecule has 3 aliphatic rings. The van der Waals surface area contributed by atoms with E-state index < -0.39 is 25.0 Å². The van der Waals surface area contributed by atoms with E-state index in [9.17, 15) is 19.2 Å². The summed E-state index contributed by atoms with van der Waals surface area (Å²) >= 11 is 0. The number of esters is 1. The number of likely N-dealkylation sites (tertiary alicyclic amines) is 1. The second-order valence-electron chi connectivity index (χ2n) is 7.85. The van der Waals surface area contributed by atoms with Gasteiger partial charge in [-0.05, 0) is 55.4 Å². The van der Waals surface area contributed by atoms with E-state index >= 15 is 0 Å². The van der Waals surface area contributed by atoms with Crippen molar-refractivity contribution in [2.24, 2.45) is 23.7 Å². The standard InChI is InChI=1S/C21H22N2O5/c1-11-5-12(2)7-15(6-11)22-16(24)10-28-17(25)9-23-20(26)18-13-3-4-14(8-13)19(18)21(23)27/h3-7,13-14,18-19H,8-10H2,1-2H3,(H,22,24)/t13-,14+,18-,19+. The first-order valence-electron chi connectivity index (χ1n) is 9.41. The molecule has 1 aliphatic heterocycles. The van der Waals surface area contributed by atoms with Gasteiger partial charge in [0.05, 0.1) is 11.8 Å². The molecule has 1 saturated carbocycles. The molecule has 2 aliphatic carbocycles. The molecular weight excluding hydrogens is 360 g/mol. The quantitative estimate of drug-likeness (QED) is 0.474. The van der Waals surface area contributed by atoms with Crippen LogP contribution in [0.4, 0.5) is 5.69 Å². The molecule has 146 valence electrons. The summed E-state index contributed by atoms with van der Waals surface area (Å²) in [6.07, 6.45) is 4.83. The molecule has 2 fully saturated rings. The number of allylic oxidation sites excluding steroid dienone is 2. The molecule has 1 saturated heterocycles. The van der Waals surface area contributed by atoms with Crippen LogP contribution in [-0.2, 0) is 23.9 Å². The van der Waals surface area contributed by atoms with Crippen molar-refractivity contribution in [1.29, 1.82) is 0 Å². The summed E-state index contributed by atoms with van der Waals surface area (Å²) in [5, 5.41) is 2.67. The van der Waals surface area contributed by atoms with Crippen LogP contribution in [0.25, 0.3) is 0 Å². The number of ether oxygens (including phenoxy) is 1. The van der Waals surface area contributed by atoms with Crippen molar-refractivity contribution >= 4 is 29.4 Å². The van der Waals surface area contributed by atoms with Crippen molar-refractivity contribution in [2.75, 3.05) is 18.5 Å². The highest BCUT2D eigenvalue weighted by Gasteiger charge is 2.59. The average molecular weight is 382 g/mol. The average Bonchev–Trinajstić information content (AvgIpc) is 3.29. The Bertz CT molecular complexity index is 856. The van der Waals surface area contributed by atoms with Gasteiger partial charge in [0.25, 0.3) is 5.91 Å². The van der Waals surface area contributed by atoms with Gasteiger partial charge in [-0.15, -0.1) is 0 Å². The van der Waals surface area contributed by atoms with Gasteiger partial charge in [-0.25, -0.2) is 0 Å². The number of aryl methyl sites for hydroxylation is 2. The zero-order valence-corrected chi connectivity index (χ0v) is 15.8. The minimum absolute atomic E-state index is 0.0936. The Hall–Kier alpha value is -2.96. The second-order valence-corrected chi connectivity index (χ2v) is 7.85. The second kappa shape index (κ2) is 6.89. The third kappa shape index (κ3) is 3.21. The molecule has 1 heterocycles. The Kier molecular flexibility index (Phi) is 4.53. The van der Waals surface area contributed by atoms with Crippen molar-refractivity contribution in [3.63, 3.8) is 0 Å². The van der Waals surface area contributed by atoms with Crippen LogP contribution in [0.3, 0.4) is 0 Å². The lowest BCUT2D eigenvalue weighted by molar-refractivity contribution is -0.154. The summed E-state index contributed by atoms with van der Waals surface area (Å²) in [4.78, 5) is 50.2. The lowest BCUT2D eigenvalue weighted by Crippen LogP contribution is -2.38. The Balaban J connectivity index is 1.30. The predicted octanol–water partition coefficient (Wildman–Crippen LogP) is 1.59. The Labute approximate surface area is 162 Å². The maximum atomic E-state index is 12.5. The van der Waals surface area contributed by atoms with Gasteiger partial charge < -0.3 is 10.1 Å². The summed E-state index contributed by atoms with van der Waals surface area (Å²) in [7, 11) is 0. The van der Waals surface area contributed by atoms with E-state index in [1.54, 1.807) is 0 Å². The van der Waals surface area contributed by atoms with Crippen LogP contribution >= 0.6 is 0 Å². The molecule has 7 heteroatoms. The lowest BCUT2D eigenvalue weighted by atomic mass is 9.85. The van der Waals surface area contributed by atoms with Gasteiger partial charge in [0.1, 0.15) is 6.54 Å². The van der Waals surface area contributed by atoms with Gasteiger partial charge in [-0.3, -0.25) is 24.1 Å². The van der Waals surface area contributed by atoms with E-state index in [1.165, 1.54) is 0 Å². The number of anilines is 1. The SMILES string of the molecule is Cc1cc(C)cc(NC(=O)COC(=O)CN2C(=O)[C@@H]3[C@H](C2=O)[C@@H]2C=C[C@H]3C2)c1. The van der Waals surface area contributed by atoms with Crippen LogP contribution in [0.2, 0.25) is 0 Å². The van der Waals surface area contributed by atoms with E-state index in [-0.39, 0.29) is 35.5 Å². The van der Waals surface area contributed by atoms with Crippen molar-refractivity contribution < 1.29 is 23.9 Å². The van der Waals surface area contributed by atoms with E-state index in [2.05, 4.69) is 5.32 Å². The summed E-state index contributed by atoms with van der Waals surface area (Å²) in [5.41, 5.74) is 2.64. The molecular formula is C21H22N2O5. The monoisotopic (exact) mass is 382 g/mol. The van der Waals surface area contributed by atoms with Crippen LogP contribution in [0.15, 0.2) is 30.4 Å². The fourth-order valence-electron chi connectivity index (χ4n) is 4.68. The fraction of sp³-hybridized carbons (Fsp3) is 0.429. The number of fused-ring (bicyclic) bond motifs is 5. The topological polar surface area (TPSA) is 92.8 Å². The van der Waals surface area contributed by atoms with Crippen LogP contribution < -0.4 is 5.32 Å². The number of hydrogen-bond acceptors (Lipinski definition) is 5. The van der Waals surface area contributed by atoms with Crippen LogP contribution in [-0.4, -0.2) is 41.7 Å². The zero-order valence-electron chi connectivity index (χ0n) is 15.8. The summed E-state index contributed by atoms with van der Waals surface area (Å²) in [5.74, 6) is -2.35. The number of amides is 3. The van der Waals surface area contributed by atoms with Gasteiger partial charge in [0.2, 0.25) is 11.8 Å². The Morgan fingerprint density at radius 2 is 1.61 bits per heavy atom. The summed E-state index contributed by atoms with van der Waals surface area (Å²) in [6, 6.07) is 5.61. The minimum atomic E-state index is -0.766. The van der Waals surface area contributed by atoms with Gasteiger partial charge in [0, 0.05) is 5.69 Å². The normalized spacial score (nSPS) is 27.3. The number of carbonyl (C=O) groups excluding carboxylic acids is 4. The van der Waals surface area contributed by atoms with Crippen molar-refractivity contribution in [2.45, 2.75) is 20.3 Å².